The Morgan fingerprint density at radius 1 is 1.20 bits per heavy atom. The molecule has 30 heavy (non-hydrogen) atoms. The minimum absolute atomic E-state index is 0.0939. The first kappa shape index (κ1) is 22.2. The number of nitrogens with one attached hydrogen (secondary N) is 1. The quantitative estimate of drug-likeness (QED) is 0.415. The Morgan fingerprint density at radius 3 is 2.50 bits per heavy atom. The van der Waals surface area contributed by atoms with E-state index in [1.807, 2.05) is 14.1 Å². The third-order valence-electron chi connectivity index (χ3n) is 6.13. The zero-order chi connectivity index (χ0) is 22.2. The molecule has 1 N–H and O–H groups in total. The molecule has 1 heterocycles. The molecule has 3 atom stereocenters. The maximum Gasteiger partial charge on any atom is 0.294 e. The number of carbonyl (C=O) groups is 2. The highest BCUT2D eigenvalue weighted by Crippen LogP contribution is 2.43. The molecule has 0 bridgehead atoms. The summed E-state index contributed by atoms with van der Waals surface area (Å²) in [5.41, 5.74) is 0.457. The third-order valence-corrected chi connectivity index (χ3v) is 6.13. The molecular weight excluding hydrogens is 384 g/mol. The molecule has 1 saturated heterocycles. The van der Waals surface area contributed by atoms with Crippen molar-refractivity contribution in [3.8, 4) is 0 Å². The number of nitro benzene ring substituents is 1. The van der Waals surface area contributed by atoms with Crippen molar-refractivity contribution in [1.82, 2.24) is 4.90 Å². The second-order valence-electron chi connectivity index (χ2n) is 9.86. The summed E-state index contributed by atoms with van der Waals surface area (Å²) < 4.78 is 0. The SMILES string of the molecule is CC1CCC2C(=O)N(c3ccc(NCC(C)(C)CN(C)C)c([N+](=O)[O-])c3)C(=O)C2C1. The Bertz CT molecular complexity index is 852. The molecule has 1 aliphatic carbocycles. The number of anilines is 2. The second-order valence-corrected chi connectivity index (χ2v) is 9.86. The smallest absolute Gasteiger partial charge is 0.294 e. The van der Waals surface area contributed by atoms with Crippen molar-refractivity contribution in [3.63, 3.8) is 0 Å². The summed E-state index contributed by atoms with van der Waals surface area (Å²) in [6.07, 6.45) is 2.34. The van der Waals surface area contributed by atoms with Crippen LogP contribution in [0.1, 0.15) is 40.0 Å². The van der Waals surface area contributed by atoms with Crippen molar-refractivity contribution in [2.24, 2.45) is 23.2 Å². The molecule has 3 rings (SSSR count). The molecule has 8 heteroatoms. The molecule has 0 aromatic heterocycles. The molecule has 164 valence electrons. The summed E-state index contributed by atoms with van der Waals surface area (Å²) in [6.45, 7) is 7.65. The van der Waals surface area contributed by atoms with Crippen LogP contribution in [0.5, 0.6) is 0 Å². The lowest BCUT2D eigenvalue weighted by Crippen LogP contribution is -2.34. The van der Waals surface area contributed by atoms with E-state index in [0.29, 0.717) is 31.0 Å². The number of benzene rings is 1. The van der Waals surface area contributed by atoms with Gasteiger partial charge in [-0.2, -0.15) is 0 Å². The number of fused-ring (bicyclic) bond motifs is 1. The van der Waals surface area contributed by atoms with Crippen LogP contribution in [0.2, 0.25) is 0 Å². The van der Waals surface area contributed by atoms with Crippen molar-refractivity contribution in [3.05, 3.63) is 28.3 Å². The normalized spacial score (nSPS) is 24.3. The third kappa shape index (κ3) is 4.48. The van der Waals surface area contributed by atoms with Gasteiger partial charge in [-0.05, 0) is 56.8 Å². The zero-order valence-electron chi connectivity index (χ0n) is 18.5. The van der Waals surface area contributed by atoms with E-state index in [1.54, 1.807) is 12.1 Å². The van der Waals surface area contributed by atoms with Crippen LogP contribution >= 0.6 is 0 Å². The molecule has 1 saturated carbocycles. The van der Waals surface area contributed by atoms with Gasteiger partial charge in [-0.1, -0.05) is 20.8 Å². The highest BCUT2D eigenvalue weighted by atomic mass is 16.6. The fraction of sp³-hybridized carbons (Fsp3) is 0.636. The molecule has 1 aromatic rings. The lowest BCUT2D eigenvalue weighted by atomic mass is 9.76. The van der Waals surface area contributed by atoms with Crippen molar-refractivity contribution < 1.29 is 14.5 Å². The first-order chi connectivity index (χ1) is 14.0. The van der Waals surface area contributed by atoms with E-state index < -0.39 is 4.92 Å². The van der Waals surface area contributed by atoms with Gasteiger partial charge in [0.25, 0.3) is 5.69 Å². The van der Waals surface area contributed by atoms with E-state index in [0.717, 1.165) is 13.0 Å². The molecule has 1 aliphatic heterocycles. The average Bonchev–Trinajstić information content (AvgIpc) is 2.89. The number of amides is 2. The Morgan fingerprint density at radius 2 is 1.87 bits per heavy atom. The van der Waals surface area contributed by atoms with Gasteiger partial charge in [-0.25, -0.2) is 4.90 Å². The van der Waals surface area contributed by atoms with E-state index in [4.69, 9.17) is 0 Å². The molecular formula is C22H32N4O4. The number of hydrogen-bond acceptors (Lipinski definition) is 6. The Balaban J connectivity index is 1.84. The van der Waals surface area contributed by atoms with Gasteiger partial charge in [0.2, 0.25) is 11.8 Å². The molecule has 2 amide bonds. The summed E-state index contributed by atoms with van der Waals surface area (Å²) in [6, 6.07) is 4.58. The summed E-state index contributed by atoms with van der Waals surface area (Å²) in [7, 11) is 3.98. The van der Waals surface area contributed by atoms with Crippen LogP contribution in [0, 0.1) is 33.3 Å². The van der Waals surface area contributed by atoms with Crippen LogP contribution in [0.4, 0.5) is 17.1 Å². The number of hydrogen-bond donors (Lipinski definition) is 1. The van der Waals surface area contributed by atoms with Crippen LogP contribution in [0.15, 0.2) is 18.2 Å². The molecule has 8 nitrogen and oxygen atoms in total. The van der Waals surface area contributed by atoms with Gasteiger partial charge in [-0.3, -0.25) is 19.7 Å². The molecule has 2 fully saturated rings. The van der Waals surface area contributed by atoms with Gasteiger partial charge in [0, 0.05) is 19.2 Å². The Kier molecular flexibility index (Phi) is 6.17. The summed E-state index contributed by atoms with van der Waals surface area (Å²) in [5.74, 6) is -0.630. The van der Waals surface area contributed by atoms with Crippen LogP contribution in [-0.4, -0.2) is 48.8 Å². The van der Waals surface area contributed by atoms with Crippen molar-refractivity contribution in [2.75, 3.05) is 37.4 Å². The maximum absolute atomic E-state index is 12.9. The fourth-order valence-electron chi connectivity index (χ4n) is 4.85. The highest BCUT2D eigenvalue weighted by molar-refractivity contribution is 6.22. The van der Waals surface area contributed by atoms with E-state index in [1.165, 1.54) is 11.0 Å². The van der Waals surface area contributed by atoms with Gasteiger partial charge in [0.15, 0.2) is 0 Å². The van der Waals surface area contributed by atoms with E-state index in [2.05, 4.69) is 31.0 Å². The maximum atomic E-state index is 12.9. The lowest BCUT2D eigenvalue weighted by molar-refractivity contribution is -0.383. The minimum Gasteiger partial charge on any atom is -0.379 e. The average molecular weight is 417 g/mol. The molecule has 1 aromatic carbocycles. The fourth-order valence-corrected chi connectivity index (χ4v) is 4.85. The van der Waals surface area contributed by atoms with Gasteiger partial charge in [-0.15, -0.1) is 0 Å². The number of nitrogens with zero attached hydrogens (tertiary/aromatic N) is 3. The van der Waals surface area contributed by atoms with E-state index >= 15 is 0 Å². The zero-order valence-corrected chi connectivity index (χ0v) is 18.5. The summed E-state index contributed by atoms with van der Waals surface area (Å²) in [4.78, 5) is 40.3. The topological polar surface area (TPSA) is 95.8 Å². The molecule has 3 unspecified atom stereocenters. The predicted octanol–water partition coefficient (Wildman–Crippen LogP) is 3.52. The van der Waals surface area contributed by atoms with Gasteiger partial charge >= 0.3 is 0 Å². The van der Waals surface area contributed by atoms with Crippen molar-refractivity contribution in [2.45, 2.75) is 40.0 Å². The Hall–Kier alpha value is -2.48. The van der Waals surface area contributed by atoms with Crippen LogP contribution < -0.4 is 10.2 Å². The summed E-state index contributed by atoms with van der Waals surface area (Å²) in [5, 5.41) is 14.9. The first-order valence-corrected chi connectivity index (χ1v) is 10.5. The second kappa shape index (κ2) is 8.34. The van der Waals surface area contributed by atoms with Crippen LogP contribution in [-0.2, 0) is 9.59 Å². The number of carbonyl (C=O) groups excluding carboxylic acids is 2. The van der Waals surface area contributed by atoms with Gasteiger partial charge in [0.05, 0.1) is 22.4 Å². The molecule has 0 radical (unpaired) electrons. The standard InChI is InChI=1S/C22H32N4O4/c1-14-6-8-16-17(10-14)21(28)25(20(16)27)15-7-9-18(19(11-15)26(29)30)23-12-22(2,3)13-24(4)5/h7,9,11,14,16-17,23H,6,8,10,12-13H2,1-5H3. The van der Waals surface area contributed by atoms with Crippen LogP contribution in [0.3, 0.4) is 0 Å². The summed E-state index contributed by atoms with van der Waals surface area (Å²) >= 11 is 0. The number of nitro groups is 1. The van der Waals surface area contributed by atoms with Gasteiger partial charge < -0.3 is 10.2 Å². The number of imide groups is 1. The van der Waals surface area contributed by atoms with Crippen molar-refractivity contribution in [1.29, 1.82) is 0 Å². The minimum atomic E-state index is -0.467. The molecule has 2 aliphatic rings. The van der Waals surface area contributed by atoms with E-state index in [-0.39, 0.29) is 40.4 Å². The van der Waals surface area contributed by atoms with Gasteiger partial charge in [0.1, 0.15) is 5.69 Å². The lowest BCUT2D eigenvalue weighted by Gasteiger charge is -2.28. The van der Waals surface area contributed by atoms with Crippen molar-refractivity contribution >= 4 is 28.9 Å². The Labute approximate surface area is 177 Å². The first-order valence-electron chi connectivity index (χ1n) is 10.5. The monoisotopic (exact) mass is 416 g/mol. The molecule has 0 spiro atoms. The number of rotatable bonds is 7. The largest absolute Gasteiger partial charge is 0.379 e. The van der Waals surface area contributed by atoms with Crippen LogP contribution in [0.25, 0.3) is 0 Å². The predicted molar refractivity (Wildman–Crippen MR) is 116 cm³/mol. The van der Waals surface area contributed by atoms with E-state index in [9.17, 15) is 19.7 Å². The highest BCUT2D eigenvalue weighted by Gasteiger charge is 2.50.